The summed E-state index contributed by atoms with van der Waals surface area (Å²) in [7, 11) is 0. The quantitative estimate of drug-likeness (QED) is 0.170. The van der Waals surface area contributed by atoms with Gasteiger partial charge in [-0.2, -0.15) is 0 Å². The number of carboxylic acids is 1. The van der Waals surface area contributed by atoms with E-state index < -0.39 is 11.9 Å². The summed E-state index contributed by atoms with van der Waals surface area (Å²) in [6.07, 6.45) is 30.2. The van der Waals surface area contributed by atoms with Crippen molar-refractivity contribution in [3.8, 4) is 5.69 Å². The Morgan fingerprint density at radius 1 is 0.771 bits per heavy atom. The monoisotopic (exact) mass is 482 g/mol. The molecule has 4 heteroatoms. The van der Waals surface area contributed by atoms with Gasteiger partial charge in [0.15, 0.2) is 0 Å². The van der Waals surface area contributed by atoms with Crippen LogP contribution in [0.1, 0.15) is 140 Å². The number of unbranched alkanes of at least 4 members (excludes halogenated alkanes) is 17. The highest BCUT2D eigenvalue weighted by Crippen LogP contribution is 2.28. The van der Waals surface area contributed by atoms with Crippen molar-refractivity contribution in [1.29, 1.82) is 0 Å². The molecule has 1 atom stereocenters. The van der Waals surface area contributed by atoms with Crippen molar-refractivity contribution in [2.45, 2.75) is 135 Å². The van der Waals surface area contributed by atoms with Crippen LogP contribution in [0.2, 0.25) is 0 Å². The largest absolute Gasteiger partial charge is 0.481 e. The normalized spacial score (nSPS) is 12.1. The highest BCUT2D eigenvalue weighted by atomic mass is 16.4. The van der Waals surface area contributed by atoms with Gasteiger partial charge < -0.3 is 9.67 Å². The molecule has 4 nitrogen and oxygen atoms in total. The van der Waals surface area contributed by atoms with Gasteiger partial charge in [-0.3, -0.25) is 4.79 Å². The Bertz CT molecular complexity index is 772. The molecule has 0 aliphatic carbocycles. The molecule has 2 aromatic rings. The standard InChI is InChI=1S/C31H50N2O2/c1-2-3-4-5-6-7-8-9-10-11-12-13-14-15-16-17-18-19-23-29(31(34)35)28-22-20-21-24-30(28)33-26-25-32-27-33/h20-22,24-27,29H,2-19,23H2,1H3,(H,34,35). The molecular weight excluding hydrogens is 432 g/mol. The van der Waals surface area contributed by atoms with E-state index in [0.29, 0.717) is 6.42 Å². The molecule has 0 aliphatic heterocycles. The second-order valence-electron chi connectivity index (χ2n) is 10.2. The second kappa shape index (κ2) is 19.1. The fourth-order valence-corrected chi connectivity index (χ4v) is 5.08. The Kier molecular flexibility index (Phi) is 15.9. The number of carbonyl (C=O) groups is 1. The maximum Gasteiger partial charge on any atom is 0.311 e. The summed E-state index contributed by atoms with van der Waals surface area (Å²) in [4.78, 5) is 16.1. The van der Waals surface area contributed by atoms with Crippen LogP contribution in [0.4, 0.5) is 0 Å². The molecule has 1 N–H and O–H groups in total. The number of para-hydroxylation sites is 1. The zero-order chi connectivity index (χ0) is 25.0. The number of aromatic nitrogens is 2. The first-order valence-electron chi connectivity index (χ1n) is 14.5. The highest BCUT2D eigenvalue weighted by Gasteiger charge is 2.22. The molecule has 1 aromatic heterocycles. The minimum absolute atomic E-state index is 0.463. The minimum atomic E-state index is -0.732. The van der Waals surface area contributed by atoms with Gasteiger partial charge in [0, 0.05) is 12.4 Å². The van der Waals surface area contributed by atoms with Gasteiger partial charge in [0.2, 0.25) is 0 Å². The number of hydrogen-bond donors (Lipinski definition) is 1. The third kappa shape index (κ3) is 12.4. The van der Waals surface area contributed by atoms with Crippen LogP contribution in [0.5, 0.6) is 0 Å². The Morgan fingerprint density at radius 2 is 1.26 bits per heavy atom. The van der Waals surface area contributed by atoms with Gasteiger partial charge in [0.1, 0.15) is 0 Å². The predicted octanol–water partition coefficient (Wildman–Crippen LogP) is 9.47. The third-order valence-electron chi connectivity index (χ3n) is 7.24. The van der Waals surface area contributed by atoms with Crippen molar-refractivity contribution in [3.63, 3.8) is 0 Å². The summed E-state index contributed by atoms with van der Waals surface area (Å²) in [6.45, 7) is 2.28. The zero-order valence-electron chi connectivity index (χ0n) is 22.3. The molecule has 0 saturated heterocycles. The van der Waals surface area contributed by atoms with Crippen molar-refractivity contribution in [2.24, 2.45) is 0 Å². The minimum Gasteiger partial charge on any atom is -0.481 e. The number of aliphatic carboxylic acids is 1. The Morgan fingerprint density at radius 3 is 1.71 bits per heavy atom. The van der Waals surface area contributed by atoms with E-state index >= 15 is 0 Å². The number of rotatable bonds is 22. The van der Waals surface area contributed by atoms with E-state index in [1.54, 1.807) is 12.5 Å². The number of imidazole rings is 1. The molecule has 1 unspecified atom stereocenters. The molecule has 0 saturated carbocycles. The molecule has 1 heterocycles. The first-order valence-corrected chi connectivity index (χ1v) is 14.5. The lowest BCUT2D eigenvalue weighted by atomic mass is 9.91. The second-order valence-corrected chi connectivity index (χ2v) is 10.2. The molecule has 2 rings (SSSR count). The average Bonchev–Trinajstić information content (AvgIpc) is 3.40. The number of nitrogens with zero attached hydrogens (tertiary/aromatic N) is 2. The summed E-state index contributed by atoms with van der Waals surface area (Å²) in [5.74, 6) is -1.20. The summed E-state index contributed by atoms with van der Waals surface area (Å²) in [5, 5.41) is 9.87. The zero-order valence-corrected chi connectivity index (χ0v) is 22.3. The molecule has 0 amide bonds. The van der Waals surface area contributed by atoms with Crippen LogP contribution >= 0.6 is 0 Å². The van der Waals surface area contributed by atoms with E-state index in [1.165, 1.54) is 103 Å². The van der Waals surface area contributed by atoms with Crippen LogP contribution in [0.15, 0.2) is 43.0 Å². The number of benzene rings is 1. The van der Waals surface area contributed by atoms with Gasteiger partial charge in [-0.05, 0) is 18.1 Å². The number of hydrogen-bond acceptors (Lipinski definition) is 2. The average molecular weight is 483 g/mol. The van der Waals surface area contributed by atoms with Crippen LogP contribution in [0.3, 0.4) is 0 Å². The van der Waals surface area contributed by atoms with Gasteiger partial charge in [-0.15, -0.1) is 0 Å². The van der Waals surface area contributed by atoms with Crippen molar-refractivity contribution in [3.05, 3.63) is 48.5 Å². The molecule has 0 aliphatic rings. The van der Waals surface area contributed by atoms with Crippen LogP contribution in [0, 0.1) is 0 Å². The van der Waals surface area contributed by atoms with Crippen LogP contribution < -0.4 is 0 Å². The summed E-state index contributed by atoms with van der Waals surface area (Å²) in [5.41, 5.74) is 1.80. The lowest BCUT2D eigenvalue weighted by Crippen LogP contribution is -2.14. The van der Waals surface area contributed by atoms with Gasteiger partial charge in [-0.25, -0.2) is 4.98 Å². The van der Waals surface area contributed by atoms with Crippen molar-refractivity contribution < 1.29 is 9.90 Å². The molecule has 196 valence electrons. The van der Waals surface area contributed by atoms with Crippen LogP contribution in [0.25, 0.3) is 5.69 Å². The molecule has 0 bridgehead atoms. The molecule has 0 spiro atoms. The van der Waals surface area contributed by atoms with Gasteiger partial charge in [-0.1, -0.05) is 141 Å². The lowest BCUT2D eigenvalue weighted by Gasteiger charge is -2.17. The Labute approximate surface area is 214 Å². The van der Waals surface area contributed by atoms with E-state index in [2.05, 4.69) is 11.9 Å². The van der Waals surface area contributed by atoms with Gasteiger partial charge in [0.25, 0.3) is 0 Å². The molecule has 0 fully saturated rings. The highest BCUT2D eigenvalue weighted by molar-refractivity contribution is 5.77. The predicted molar refractivity (Wildman–Crippen MR) is 147 cm³/mol. The maximum absolute atomic E-state index is 12.0. The number of carboxylic acid groups (broad SMARTS) is 1. The lowest BCUT2D eigenvalue weighted by molar-refractivity contribution is -0.139. The SMILES string of the molecule is CCCCCCCCCCCCCCCCCCCCC(C(=O)O)c1ccccc1-n1ccnc1. The van der Waals surface area contributed by atoms with Crippen molar-refractivity contribution in [1.82, 2.24) is 9.55 Å². The van der Waals surface area contributed by atoms with E-state index in [1.807, 2.05) is 35.0 Å². The first-order chi connectivity index (χ1) is 17.2. The molecule has 1 aromatic carbocycles. The third-order valence-corrected chi connectivity index (χ3v) is 7.24. The van der Waals surface area contributed by atoms with E-state index in [9.17, 15) is 9.90 Å². The Hall–Kier alpha value is -2.10. The Balaban J connectivity index is 1.47. The molecular formula is C31H50N2O2. The van der Waals surface area contributed by atoms with Crippen molar-refractivity contribution >= 4 is 5.97 Å². The fourth-order valence-electron chi connectivity index (χ4n) is 5.08. The van der Waals surface area contributed by atoms with Gasteiger partial charge in [0.05, 0.1) is 17.9 Å². The summed E-state index contributed by atoms with van der Waals surface area (Å²) < 4.78 is 1.90. The van der Waals surface area contributed by atoms with E-state index in [0.717, 1.165) is 24.1 Å². The van der Waals surface area contributed by atoms with Crippen LogP contribution in [-0.2, 0) is 4.79 Å². The molecule has 35 heavy (non-hydrogen) atoms. The topological polar surface area (TPSA) is 55.1 Å². The smallest absolute Gasteiger partial charge is 0.311 e. The van der Waals surface area contributed by atoms with Gasteiger partial charge >= 0.3 is 5.97 Å². The van der Waals surface area contributed by atoms with E-state index in [-0.39, 0.29) is 0 Å². The van der Waals surface area contributed by atoms with E-state index in [4.69, 9.17) is 0 Å². The fraction of sp³-hybridized carbons (Fsp3) is 0.677. The molecule has 0 radical (unpaired) electrons. The van der Waals surface area contributed by atoms with Crippen LogP contribution in [-0.4, -0.2) is 20.6 Å². The maximum atomic E-state index is 12.0. The first kappa shape index (κ1) is 29.1. The van der Waals surface area contributed by atoms with Crippen molar-refractivity contribution in [2.75, 3.05) is 0 Å². The summed E-state index contributed by atoms with van der Waals surface area (Å²) >= 11 is 0. The summed E-state index contributed by atoms with van der Waals surface area (Å²) in [6, 6.07) is 7.81.